The molecule has 0 amide bonds. The zero-order valence-corrected chi connectivity index (χ0v) is 11.1. The maximum Gasteiger partial charge on any atom is 0.344 e. The number of hydrogen-bond acceptors (Lipinski definition) is 6. The number of anilines is 2. The van der Waals surface area contributed by atoms with Crippen molar-refractivity contribution in [2.24, 2.45) is 11.8 Å². The second-order valence-corrected chi connectivity index (χ2v) is 5.88. The summed E-state index contributed by atoms with van der Waals surface area (Å²) in [6.45, 7) is 0. The van der Waals surface area contributed by atoms with Gasteiger partial charge in [0.25, 0.3) is 0 Å². The molecular formula is C12H17N3O2S. The van der Waals surface area contributed by atoms with Crippen molar-refractivity contribution in [3.05, 3.63) is 5.56 Å². The van der Waals surface area contributed by atoms with E-state index in [0.717, 1.165) is 16.8 Å². The van der Waals surface area contributed by atoms with Gasteiger partial charge in [-0.25, -0.2) is 4.79 Å². The monoisotopic (exact) mass is 267 g/mol. The number of rotatable bonds is 5. The lowest BCUT2D eigenvalue weighted by Crippen LogP contribution is -2.24. The molecule has 2 saturated carbocycles. The molecule has 3 rings (SSSR count). The number of nitrogens with one attached hydrogen (secondary N) is 1. The third-order valence-electron chi connectivity index (χ3n) is 3.67. The standard InChI is InChI=1S/C12H17N3O2S/c1-17-12(16)8-10(13)15-18-11(8)14-9(6-2-3-6)7-4-5-7/h6-7,9,14H,2-5H2,1H3,(H2,13,15). The van der Waals surface area contributed by atoms with Gasteiger partial charge in [-0.2, -0.15) is 4.37 Å². The summed E-state index contributed by atoms with van der Waals surface area (Å²) in [5.74, 6) is 1.37. The van der Waals surface area contributed by atoms with E-state index < -0.39 is 5.97 Å². The Labute approximate surface area is 110 Å². The first-order valence-corrected chi connectivity index (χ1v) is 7.08. The van der Waals surface area contributed by atoms with E-state index in [4.69, 9.17) is 10.5 Å². The Kier molecular flexibility index (Phi) is 2.89. The van der Waals surface area contributed by atoms with Crippen LogP contribution >= 0.6 is 11.5 Å². The molecule has 0 radical (unpaired) electrons. The lowest BCUT2D eigenvalue weighted by atomic mass is 10.1. The average molecular weight is 267 g/mol. The Hall–Kier alpha value is -1.30. The summed E-state index contributed by atoms with van der Waals surface area (Å²) < 4.78 is 8.81. The van der Waals surface area contributed by atoms with Gasteiger partial charge in [-0.05, 0) is 49.1 Å². The number of hydrogen-bond donors (Lipinski definition) is 2. The SMILES string of the molecule is COC(=O)c1c(N)nsc1NC(C1CC1)C1CC1. The number of nitrogens with zero attached hydrogens (tertiary/aromatic N) is 1. The molecule has 0 bridgehead atoms. The average Bonchev–Trinajstić information content (AvgIpc) is 3.25. The second-order valence-electron chi connectivity index (χ2n) is 5.11. The van der Waals surface area contributed by atoms with Crippen LogP contribution in [0.2, 0.25) is 0 Å². The van der Waals surface area contributed by atoms with Gasteiger partial charge >= 0.3 is 5.97 Å². The first-order chi connectivity index (χ1) is 8.70. The molecule has 0 atom stereocenters. The number of aromatic nitrogens is 1. The maximum atomic E-state index is 11.7. The molecule has 3 N–H and O–H groups in total. The van der Waals surface area contributed by atoms with Crippen LogP contribution in [0.1, 0.15) is 36.0 Å². The number of esters is 1. The molecule has 1 aromatic heterocycles. The van der Waals surface area contributed by atoms with E-state index in [1.165, 1.54) is 44.3 Å². The fourth-order valence-electron chi connectivity index (χ4n) is 2.38. The Morgan fingerprint density at radius 2 is 2.06 bits per heavy atom. The number of carbonyl (C=O) groups is 1. The minimum Gasteiger partial charge on any atom is -0.465 e. The second kappa shape index (κ2) is 4.42. The maximum absolute atomic E-state index is 11.7. The van der Waals surface area contributed by atoms with Crippen LogP contribution in [0, 0.1) is 11.8 Å². The Balaban J connectivity index is 1.80. The van der Waals surface area contributed by atoms with E-state index in [2.05, 4.69) is 9.69 Å². The van der Waals surface area contributed by atoms with E-state index in [9.17, 15) is 4.79 Å². The van der Waals surface area contributed by atoms with E-state index in [0.29, 0.717) is 11.6 Å². The lowest BCUT2D eigenvalue weighted by Gasteiger charge is -2.18. The highest BCUT2D eigenvalue weighted by Gasteiger charge is 2.42. The van der Waals surface area contributed by atoms with Crippen molar-refractivity contribution < 1.29 is 9.53 Å². The van der Waals surface area contributed by atoms with Gasteiger partial charge in [-0.15, -0.1) is 0 Å². The van der Waals surface area contributed by atoms with Gasteiger partial charge in [-0.3, -0.25) is 0 Å². The normalized spacial score (nSPS) is 19.0. The van der Waals surface area contributed by atoms with Crippen LogP contribution in [0.25, 0.3) is 0 Å². The summed E-state index contributed by atoms with van der Waals surface area (Å²) in [5.41, 5.74) is 6.13. The molecule has 98 valence electrons. The molecule has 2 aliphatic carbocycles. The highest BCUT2D eigenvalue weighted by Crippen LogP contribution is 2.46. The first-order valence-electron chi connectivity index (χ1n) is 6.30. The van der Waals surface area contributed by atoms with Crippen LogP contribution in [0.15, 0.2) is 0 Å². The predicted octanol–water partition coefficient (Wildman–Crippen LogP) is 2.11. The molecular weight excluding hydrogens is 250 g/mol. The summed E-state index contributed by atoms with van der Waals surface area (Å²) in [4.78, 5) is 11.7. The molecule has 0 saturated heterocycles. The van der Waals surface area contributed by atoms with Crippen molar-refractivity contribution in [2.75, 3.05) is 18.2 Å². The van der Waals surface area contributed by atoms with E-state index >= 15 is 0 Å². The number of nitrogens with two attached hydrogens (primary N) is 1. The van der Waals surface area contributed by atoms with E-state index in [1.54, 1.807) is 0 Å². The van der Waals surface area contributed by atoms with Crippen molar-refractivity contribution >= 4 is 28.3 Å². The van der Waals surface area contributed by atoms with Crippen molar-refractivity contribution in [2.45, 2.75) is 31.7 Å². The third kappa shape index (κ3) is 2.16. The number of methoxy groups -OCH3 is 1. The van der Waals surface area contributed by atoms with Crippen LogP contribution < -0.4 is 11.1 Å². The van der Waals surface area contributed by atoms with Crippen LogP contribution in [0.3, 0.4) is 0 Å². The van der Waals surface area contributed by atoms with E-state index in [1.807, 2.05) is 0 Å². The van der Waals surface area contributed by atoms with Crippen LogP contribution in [0.5, 0.6) is 0 Å². The van der Waals surface area contributed by atoms with Gasteiger partial charge in [-0.1, -0.05) is 0 Å². The highest BCUT2D eigenvalue weighted by atomic mass is 32.1. The summed E-state index contributed by atoms with van der Waals surface area (Å²) in [5, 5.41) is 4.25. The van der Waals surface area contributed by atoms with Gasteiger partial charge < -0.3 is 15.8 Å². The highest BCUT2D eigenvalue weighted by molar-refractivity contribution is 7.11. The molecule has 6 heteroatoms. The summed E-state index contributed by atoms with van der Waals surface area (Å²) in [6.07, 6.45) is 5.15. The molecule has 2 aliphatic rings. The molecule has 1 aromatic rings. The topological polar surface area (TPSA) is 77.2 Å². The largest absolute Gasteiger partial charge is 0.465 e. The molecule has 0 aromatic carbocycles. The summed E-state index contributed by atoms with van der Waals surface area (Å²) in [7, 11) is 1.36. The van der Waals surface area contributed by atoms with Gasteiger partial charge in [0.15, 0.2) is 5.82 Å². The van der Waals surface area contributed by atoms with Crippen molar-refractivity contribution in [1.82, 2.24) is 4.37 Å². The van der Waals surface area contributed by atoms with Crippen LogP contribution in [0.4, 0.5) is 10.8 Å². The zero-order chi connectivity index (χ0) is 12.7. The number of ether oxygens (including phenoxy) is 1. The third-order valence-corrected chi connectivity index (χ3v) is 4.46. The smallest absolute Gasteiger partial charge is 0.344 e. The minimum absolute atomic E-state index is 0.264. The molecule has 5 nitrogen and oxygen atoms in total. The lowest BCUT2D eigenvalue weighted by molar-refractivity contribution is 0.0603. The molecule has 0 aliphatic heterocycles. The molecule has 1 heterocycles. The Morgan fingerprint density at radius 3 is 2.56 bits per heavy atom. The number of nitrogen functional groups attached to an aromatic ring is 1. The van der Waals surface area contributed by atoms with Gasteiger partial charge in [0.05, 0.1) is 7.11 Å². The Morgan fingerprint density at radius 1 is 1.44 bits per heavy atom. The van der Waals surface area contributed by atoms with Crippen LogP contribution in [-0.4, -0.2) is 23.5 Å². The fraction of sp³-hybridized carbons (Fsp3) is 0.667. The Bertz CT molecular complexity index is 454. The predicted molar refractivity (Wildman–Crippen MR) is 70.7 cm³/mol. The van der Waals surface area contributed by atoms with Gasteiger partial charge in [0, 0.05) is 6.04 Å². The molecule has 0 unspecified atom stereocenters. The van der Waals surface area contributed by atoms with Crippen LogP contribution in [-0.2, 0) is 4.74 Å². The molecule has 0 spiro atoms. The first kappa shape index (κ1) is 11.8. The van der Waals surface area contributed by atoms with Crippen molar-refractivity contribution in [1.29, 1.82) is 0 Å². The quantitative estimate of drug-likeness (QED) is 0.799. The van der Waals surface area contributed by atoms with Gasteiger partial charge in [0.2, 0.25) is 0 Å². The zero-order valence-electron chi connectivity index (χ0n) is 10.3. The fourth-order valence-corrected chi connectivity index (χ4v) is 3.13. The summed E-state index contributed by atoms with van der Waals surface area (Å²) >= 11 is 1.25. The molecule has 18 heavy (non-hydrogen) atoms. The minimum atomic E-state index is -0.408. The van der Waals surface area contributed by atoms with E-state index in [-0.39, 0.29) is 5.82 Å². The number of carbonyl (C=O) groups excluding carboxylic acids is 1. The summed E-state index contributed by atoms with van der Waals surface area (Å²) in [6, 6.07) is 0.480. The molecule has 2 fully saturated rings. The van der Waals surface area contributed by atoms with Crippen molar-refractivity contribution in [3.8, 4) is 0 Å². The van der Waals surface area contributed by atoms with Gasteiger partial charge in [0.1, 0.15) is 10.6 Å². The van der Waals surface area contributed by atoms with Crippen molar-refractivity contribution in [3.63, 3.8) is 0 Å².